The molecule has 0 saturated carbocycles. The van der Waals surface area contributed by atoms with Gasteiger partial charge in [-0.2, -0.15) is 0 Å². The van der Waals surface area contributed by atoms with Gasteiger partial charge in [0.25, 0.3) is 5.91 Å². The molecule has 0 aromatic heterocycles. The highest BCUT2D eigenvalue weighted by molar-refractivity contribution is 5.97. The summed E-state index contributed by atoms with van der Waals surface area (Å²) in [5.74, 6) is 0.365. The highest BCUT2D eigenvalue weighted by Gasteiger charge is 2.20. The van der Waals surface area contributed by atoms with E-state index in [1.54, 1.807) is 31.4 Å². The SMILES string of the molecule is COc1ccc(CN2CCCN(C(=O)c3ccc(C(N)=O)cc3)CC2)cc1. The van der Waals surface area contributed by atoms with E-state index < -0.39 is 5.91 Å². The number of carbonyl (C=O) groups is 2. The van der Waals surface area contributed by atoms with Crippen molar-refractivity contribution in [3.05, 3.63) is 65.2 Å². The molecule has 0 atom stereocenters. The van der Waals surface area contributed by atoms with Crippen molar-refractivity contribution in [1.82, 2.24) is 9.80 Å². The Morgan fingerprint density at radius 1 is 0.926 bits per heavy atom. The van der Waals surface area contributed by atoms with Crippen LogP contribution in [0.4, 0.5) is 0 Å². The first-order chi connectivity index (χ1) is 13.1. The van der Waals surface area contributed by atoms with Gasteiger partial charge in [-0.3, -0.25) is 14.5 Å². The Bertz CT molecular complexity index is 787. The second-order valence-corrected chi connectivity index (χ2v) is 6.71. The molecule has 0 bridgehead atoms. The molecule has 6 heteroatoms. The lowest BCUT2D eigenvalue weighted by Crippen LogP contribution is -2.35. The topological polar surface area (TPSA) is 75.9 Å². The van der Waals surface area contributed by atoms with Crippen LogP contribution in [0.1, 0.15) is 32.7 Å². The fourth-order valence-electron chi connectivity index (χ4n) is 3.28. The Labute approximate surface area is 159 Å². The second-order valence-electron chi connectivity index (χ2n) is 6.71. The van der Waals surface area contributed by atoms with Crippen LogP contribution in [0.3, 0.4) is 0 Å². The van der Waals surface area contributed by atoms with Gasteiger partial charge in [-0.15, -0.1) is 0 Å². The highest BCUT2D eigenvalue weighted by atomic mass is 16.5. The monoisotopic (exact) mass is 367 g/mol. The van der Waals surface area contributed by atoms with Gasteiger partial charge in [-0.1, -0.05) is 12.1 Å². The van der Waals surface area contributed by atoms with Gasteiger partial charge in [0.15, 0.2) is 0 Å². The molecule has 0 unspecified atom stereocenters. The number of hydrogen-bond donors (Lipinski definition) is 1. The molecule has 1 saturated heterocycles. The predicted octanol–water partition coefficient (Wildman–Crippen LogP) is 2.14. The molecule has 1 fully saturated rings. The van der Waals surface area contributed by atoms with E-state index in [1.165, 1.54) is 5.56 Å². The number of carbonyl (C=O) groups excluding carboxylic acids is 2. The van der Waals surface area contributed by atoms with E-state index in [4.69, 9.17) is 10.5 Å². The van der Waals surface area contributed by atoms with Crippen molar-refractivity contribution in [1.29, 1.82) is 0 Å². The Morgan fingerprint density at radius 3 is 2.22 bits per heavy atom. The summed E-state index contributed by atoms with van der Waals surface area (Å²) >= 11 is 0. The Balaban J connectivity index is 1.58. The summed E-state index contributed by atoms with van der Waals surface area (Å²) in [4.78, 5) is 28.2. The molecule has 1 aliphatic rings. The minimum atomic E-state index is -0.488. The number of benzene rings is 2. The molecule has 3 rings (SSSR count). The van der Waals surface area contributed by atoms with Crippen LogP contribution in [0.2, 0.25) is 0 Å². The van der Waals surface area contributed by atoms with Gasteiger partial charge in [0, 0.05) is 43.9 Å². The quantitative estimate of drug-likeness (QED) is 0.878. The predicted molar refractivity (Wildman–Crippen MR) is 104 cm³/mol. The summed E-state index contributed by atoms with van der Waals surface area (Å²) in [6.45, 7) is 4.06. The third-order valence-electron chi connectivity index (χ3n) is 4.86. The highest BCUT2D eigenvalue weighted by Crippen LogP contribution is 2.15. The summed E-state index contributed by atoms with van der Waals surface area (Å²) in [5, 5.41) is 0. The lowest BCUT2D eigenvalue weighted by atomic mass is 10.1. The molecule has 1 aliphatic heterocycles. The zero-order valence-electron chi connectivity index (χ0n) is 15.6. The summed E-state index contributed by atoms with van der Waals surface area (Å²) in [6.07, 6.45) is 0.932. The molecular formula is C21H25N3O3. The smallest absolute Gasteiger partial charge is 0.253 e. The van der Waals surface area contributed by atoms with Crippen LogP contribution in [-0.4, -0.2) is 54.9 Å². The molecule has 2 aromatic carbocycles. The number of primary amides is 1. The molecule has 1 heterocycles. The van der Waals surface area contributed by atoms with Crippen molar-refractivity contribution in [3.63, 3.8) is 0 Å². The summed E-state index contributed by atoms with van der Waals surface area (Å²) in [5.41, 5.74) is 7.48. The van der Waals surface area contributed by atoms with Gasteiger partial charge in [0.1, 0.15) is 5.75 Å². The third kappa shape index (κ3) is 4.86. The minimum Gasteiger partial charge on any atom is -0.497 e. The number of rotatable bonds is 5. The number of ether oxygens (including phenoxy) is 1. The number of nitrogens with zero attached hydrogens (tertiary/aromatic N) is 2. The second kappa shape index (κ2) is 8.68. The van der Waals surface area contributed by atoms with E-state index >= 15 is 0 Å². The molecule has 0 spiro atoms. The fraction of sp³-hybridized carbons (Fsp3) is 0.333. The molecule has 27 heavy (non-hydrogen) atoms. The maximum atomic E-state index is 12.7. The van der Waals surface area contributed by atoms with Crippen molar-refractivity contribution in [2.24, 2.45) is 5.73 Å². The number of amides is 2. The molecule has 6 nitrogen and oxygen atoms in total. The summed E-state index contributed by atoms with van der Waals surface area (Å²) < 4.78 is 5.20. The van der Waals surface area contributed by atoms with Crippen LogP contribution < -0.4 is 10.5 Å². The van der Waals surface area contributed by atoms with Crippen molar-refractivity contribution >= 4 is 11.8 Å². The van der Waals surface area contributed by atoms with E-state index in [1.807, 2.05) is 17.0 Å². The number of hydrogen-bond acceptors (Lipinski definition) is 4. The largest absolute Gasteiger partial charge is 0.497 e. The normalized spacial score (nSPS) is 15.2. The molecule has 2 N–H and O–H groups in total. The van der Waals surface area contributed by atoms with Crippen LogP contribution in [0.5, 0.6) is 5.75 Å². The Kier molecular flexibility index (Phi) is 6.08. The first-order valence-corrected chi connectivity index (χ1v) is 9.11. The lowest BCUT2D eigenvalue weighted by Gasteiger charge is -2.22. The Hall–Kier alpha value is -2.86. The van der Waals surface area contributed by atoms with Gasteiger partial charge >= 0.3 is 0 Å². The van der Waals surface area contributed by atoms with Gasteiger partial charge in [-0.05, 0) is 48.4 Å². The minimum absolute atomic E-state index is 0.00248. The number of nitrogens with two attached hydrogens (primary N) is 1. The van der Waals surface area contributed by atoms with Gasteiger partial charge in [0.05, 0.1) is 7.11 Å². The van der Waals surface area contributed by atoms with Gasteiger partial charge < -0.3 is 15.4 Å². The average Bonchev–Trinajstić information content (AvgIpc) is 2.93. The average molecular weight is 367 g/mol. The Morgan fingerprint density at radius 2 is 1.59 bits per heavy atom. The van der Waals surface area contributed by atoms with Crippen LogP contribution >= 0.6 is 0 Å². The van der Waals surface area contributed by atoms with Crippen molar-refractivity contribution in [2.45, 2.75) is 13.0 Å². The van der Waals surface area contributed by atoms with Crippen LogP contribution in [-0.2, 0) is 6.54 Å². The van der Waals surface area contributed by atoms with Crippen LogP contribution in [0.25, 0.3) is 0 Å². The van der Waals surface area contributed by atoms with Crippen molar-refractivity contribution in [3.8, 4) is 5.75 Å². The molecule has 142 valence electrons. The summed E-state index contributed by atoms with van der Waals surface area (Å²) in [6, 6.07) is 14.6. The first-order valence-electron chi connectivity index (χ1n) is 9.11. The molecule has 2 amide bonds. The molecular weight excluding hydrogens is 342 g/mol. The van der Waals surface area contributed by atoms with Gasteiger partial charge in [0.2, 0.25) is 5.91 Å². The molecule has 0 aliphatic carbocycles. The first kappa shape index (κ1) is 18.9. The zero-order valence-corrected chi connectivity index (χ0v) is 15.6. The fourth-order valence-corrected chi connectivity index (χ4v) is 3.28. The van der Waals surface area contributed by atoms with E-state index in [2.05, 4.69) is 17.0 Å². The third-order valence-corrected chi connectivity index (χ3v) is 4.86. The maximum absolute atomic E-state index is 12.7. The van der Waals surface area contributed by atoms with E-state index in [9.17, 15) is 9.59 Å². The summed E-state index contributed by atoms with van der Waals surface area (Å²) in [7, 11) is 1.66. The van der Waals surface area contributed by atoms with Crippen LogP contribution in [0.15, 0.2) is 48.5 Å². The van der Waals surface area contributed by atoms with E-state index in [-0.39, 0.29) is 5.91 Å². The van der Waals surface area contributed by atoms with Crippen LogP contribution in [0, 0.1) is 0 Å². The van der Waals surface area contributed by atoms with Gasteiger partial charge in [-0.25, -0.2) is 0 Å². The molecule has 0 radical (unpaired) electrons. The van der Waals surface area contributed by atoms with E-state index in [0.29, 0.717) is 17.7 Å². The van der Waals surface area contributed by atoms with Crippen molar-refractivity contribution in [2.75, 3.05) is 33.3 Å². The molecule has 2 aromatic rings. The standard InChI is InChI=1S/C21H25N3O3/c1-27-19-9-3-16(4-10-19)15-23-11-2-12-24(14-13-23)21(26)18-7-5-17(6-8-18)20(22)25/h3-10H,2,11-15H2,1H3,(H2,22,25). The zero-order chi connectivity index (χ0) is 19.2. The number of methoxy groups -OCH3 is 1. The lowest BCUT2D eigenvalue weighted by molar-refractivity contribution is 0.0760. The van der Waals surface area contributed by atoms with Crippen molar-refractivity contribution < 1.29 is 14.3 Å². The van der Waals surface area contributed by atoms with E-state index in [0.717, 1.165) is 38.3 Å². The maximum Gasteiger partial charge on any atom is 0.253 e.